The minimum absolute atomic E-state index is 0.0213. The molecule has 0 aliphatic rings. The minimum atomic E-state index is -0.427. The van der Waals surface area contributed by atoms with Gasteiger partial charge in [0, 0.05) is 16.9 Å². The predicted octanol–water partition coefficient (Wildman–Crippen LogP) is 4.20. The number of nitrogens with zero attached hydrogens (tertiary/aromatic N) is 2. The van der Waals surface area contributed by atoms with Crippen LogP contribution in [-0.4, -0.2) is 21.9 Å². The van der Waals surface area contributed by atoms with Gasteiger partial charge in [0.1, 0.15) is 11.1 Å². The fraction of sp³-hybridized carbons (Fsp3) is 0.300. The molecule has 0 bridgehead atoms. The first-order valence-corrected chi connectivity index (χ1v) is 9.09. The van der Waals surface area contributed by atoms with Crippen molar-refractivity contribution < 1.29 is 9.59 Å². The molecule has 0 spiro atoms. The number of amides is 1. The number of benzene rings is 1. The number of rotatable bonds is 5. The molecular formula is C20H21N3O2S. The van der Waals surface area contributed by atoms with Crippen LogP contribution < -0.4 is 5.32 Å². The van der Waals surface area contributed by atoms with E-state index in [-0.39, 0.29) is 11.7 Å². The van der Waals surface area contributed by atoms with Crippen LogP contribution in [0.1, 0.15) is 46.6 Å². The summed E-state index contributed by atoms with van der Waals surface area (Å²) in [5.74, 6) is -0.209. The Labute approximate surface area is 157 Å². The number of aryl methyl sites for hydroxylation is 1. The quantitative estimate of drug-likeness (QED) is 0.632. The maximum Gasteiger partial charge on any atom is 0.237 e. The van der Waals surface area contributed by atoms with Gasteiger partial charge < -0.3 is 5.32 Å². The fourth-order valence-corrected chi connectivity index (χ4v) is 3.39. The van der Waals surface area contributed by atoms with E-state index in [0.29, 0.717) is 21.8 Å². The number of ketones is 1. The monoisotopic (exact) mass is 367 g/mol. The molecule has 0 aliphatic heterocycles. The van der Waals surface area contributed by atoms with Crippen LogP contribution >= 0.6 is 11.8 Å². The average molecular weight is 367 g/mol. The third-order valence-corrected chi connectivity index (χ3v) is 5.38. The van der Waals surface area contributed by atoms with E-state index in [1.54, 1.807) is 31.2 Å². The van der Waals surface area contributed by atoms with Gasteiger partial charge in [-0.3, -0.25) is 9.59 Å². The summed E-state index contributed by atoms with van der Waals surface area (Å²) < 4.78 is 0. The van der Waals surface area contributed by atoms with Crippen molar-refractivity contribution in [2.45, 2.75) is 44.9 Å². The molecule has 0 saturated carbocycles. The lowest BCUT2D eigenvalue weighted by molar-refractivity contribution is -0.115. The first-order valence-electron chi connectivity index (χ1n) is 8.21. The summed E-state index contributed by atoms with van der Waals surface area (Å²) in [7, 11) is 0. The molecule has 1 aromatic heterocycles. The highest BCUT2D eigenvalue weighted by atomic mass is 32.2. The molecule has 1 aromatic carbocycles. The smallest absolute Gasteiger partial charge is 0.237 e. The molecule has 5 nitrogen and oxygen atoms in total. The van der Waals surface area contributed by atoms with Crippen LogP contribution in [0, 0.1) is 32.1 Å². The van der Waals surface area contributed by atoms with Gasteiger partial charge in [0.15, 0.2) is 5.78 Å². The molecule has 2 aromatic rings. The van der Waals surface area contributed by atoms with Gasteiger partial charge in [-0.1, -0.05) is 11.8 Å². The van der Waals surface area contributed by atoms with E-state index in [4.69, 9.17) is 0 Å². The first kappa shape index (κ1) is 19.7. The second-order valence-corrected chi connectivity index (χ2v) is 7.45. The maximum atomic E-state index is 12.5. The van der Waals surface area contributed by atoms with Crippen molar-refractivity contribution in [3.63, 3.8) is 0 Å². The highest BCUT2D eigenvalue weighted by Gasteiger charge is 2.20. The number of hydrogen-bond acceptors (Lipinski definition) is 5. The summed E-state index contributed by atoms with van der Waals surface area (Å²) in [6.07, 6.45) is 0. The molecule has 0 saturated heterocycles. The maximum absolute atomic E-state index is 12.5. The number of Topliss-reactive ketones (excluding diaryl/α,β-unsaturated/α-hetero) is 1. The summed E-state index contributed by atoms with van der Waals surface area (Å²) in [6.45, 7) is 9.01. The summed E-state index contributed by atoms with van der Waals surface area (Å²) in [4.78, 5) is 28.3. The Balaban J connectivity index is 2.15. The summed E-state index contributed by atoms with van der Waals surface area (Å²) in [5.41, 5.74) is 4.49. The number of nitriles is 1. The van der Waals surface area contributed by atoms with E-state index in [2.05, 4.69) is 16.4 Å². The topological polar surface area (TPSA) is 82.8 Å². The molecule has 0 aliphatic carbocycles. The highest BCUT2D eigenvalue weighted by Crippen LogP contribution is 2.29. The molecule has 2 rings (SSSR count). The van der Waals surface area contributed by atoms with Crippen LogP contribution in [0.3, 0.4) is 0 Å². The lowest BCUT2D eigenvalue weighted by Gasteiger charge is -2.15. The molecule has 1 atom stereocenters. The van der Waals surface area contributed by atoms with Crippen molar-refractivity contribution in [1.82, 2.24) is 4.98 Å². The number of aromatic nitrogens is 1. The van der Waals surface area contributed by atoms with E-state index in [1.807, 2.05) is 20.8 Å². The lowest BCUT2D eigenvalue weighted by Crippen LogP contribution is -2.22. The Morgan fingerprint density at radius 3 is 2.31 bits per heavy atom. The van der Waals surface area contributed by atoms with Crippen LogP contribution in [-0.2, 0) is 4.79 Å². The van der Waals surface area contributed by atoms with Crippen LogP contribution in [0.15, 0.2) is 29.3 Å². The number of thioether (sulfide) groups is 1. The van der Waals surface area contributed by atoms with Gasteiger partial charge in [0.2, 0.25) is 5.91 Å². The lowest BCUT2D eigenvalue weighted by atomic mass is 10.1. The predicted molar refractivity (Wildman–Crippen MR) is 104 cm³/mol. The van der Waals surface area contributed by atoms with E-state index in [9.17, 15) is 14.9 Å². The second-order valence-electron chi connectivity index (χ2n) is 6.12. The van der Waals surface area contributed by atoms with Crippen LogP contribution in [0.25, 0.3) is 0 Å². The van der Waals surface area contributed by atoms with Gasteiger partial charge in [-0.25, -0.2) is 4.98 Å². The van der Waals surface area contributed by atoms with Crippen molar-refractivity contribution in [3.8, 4) is 6.07 Å². The van der Waals surface area contributed by atoms with Gasteiger partial charge in [-0.15, -0.1) is 0 Å². The van der Waals surface area contributed by atoms with Crippen LogP contribution in [0.4, 0.5) is 5.69 Å². The van der Waals surface area contributed by atoms with Gasteiger partial charge in [-0.05, 0) is 70.0 Å². The third kappa shape index (κ3) is 4.30. The van der Waals surface area contributed by atoms with E-state index in [0.717, 1.165) is 16.8 Å². The third-order valence-electron chi connectivity index (χ3n) is 4.29. The first-order chi connectivity index (χ1) is 12.2. The normalized spacial score (nSPS) is 11.5. The Hall–Kier alpha value is -2.65. The number of pyridine rings is 1. The molecule has 1 N–H and O–H groups in total. The molecule has 134 valence electrons. The van der Waals surface area contributed by atoms with E-state index < -0.39 is 5.25 Å². The molecule has 0 unspecified atom stereocenters. The molecule has 6 heteroatoms. The van der Waals surface area contributed by atoms with Crippen molar-refractivity contribution in [1.29, 1.82) is 5.26 Å². The van der Waals surface area contributed by atoms with Gasteiger partial charge in [-0.2, -0.15) is 5.26 Å². The van der Waals surface area contributed by atoms with Crippen molar-refractivity contribution in [2.75, 3.05) is 5.32 Å². The molecule has 1 amide bonds. The number of hydrogen-bond donors (Lipinski definition) is 1. The Bertz CT molecular complexity index is 899. The SMILES string of the molecule is CC(=O)c1ccc(NC(=O)[C@@H](C)Sc2nc(C)c(C)c(C)c2C#N)cc1. The van der Waals surface area contributed by atoms with Crippen molar-refractivity contribution >= 4 is 29.1 Å². The number of anilines is 1. The van der Waals surface area contributed by atoms with Crippen molar-refractivity contribution in [2.24, 2.45) is 0 Å². The molecule has 0 radical (unpaired) electrons. The Morgan fingerprint density at radius 2 is 1.77 bits per heavy atom. The minimum Gasteiger partial charge on any atom is -0.325 e. The van der Waals surface area contributed by atoms with Crippen LogP contribution in [0.5, 0.6) is 0 Å². The molecule has 0 fully saturated rings. The largest absolute Gasteiger partial charge is 0.325 e. The summed E-state index contributed by atoms with van der Waals surface area (Å²) in [6, 6.07) is 8.95. The summed E-state index contributed by atoms with van der Waals surface area (Å²) >= 11 is 1.27. The van der Waals surface area contributed by atoms with E-state index in [1.165, 1.54) is 18.7 Å². The zero-order chi connectivity index (χ0) is 19.4. The van der Waals surface area contributed by atoms with Gasteiger partial charge >= 0.3 is 0 Å². The fourth-order valence-electron chi connectivity index (χ4n) is 2.38. The van der Waals surface area contributed by atoms with Gasteiger partial charge in [0.25, 0.3) is 0 Å². The molecule has 26 heavy (non-hydrogen) atoms. The highest BCUT2D eigenvalue weighted by molar-refractivity contribution is 8.00. The van der Waals surface area contributed by atoms with Gasteiger partial charge in [0.05, 0.1) is 10.8 Å². The number of nitrogens with one attached hydrogen (secondary N) is 1. The zero-order valence-corrected chi connectivity index (χ0v) is 16.3. The zero-order valence-electron chi connectivity index (χ0n) is 15.5. The van der Waals surface area contributed by atoms with E-state index >= 15 is 0 Å². The van der Waals surface area contributed by atoms with Crippen LogP contribution in [0.2, 0.25) is 0 Å². The summed E-state index contributed by atoms with van der Waals surface area (Å²) in [5, 5.41) is 12.4. The number of carbonyl (C=O) groups is 2. The molecular weight excluding hydrogens is 346 g/mol. The number of carbonyl (C=O) groups excluding carboxylic acids is 2. The van der Waals surface area contributed by atoms with Crippen molar-refractivity contribution in [3.05, 3.63) is 52.2 Å². The molecule has 1 heterocycles. The Morgan fingerprint density at radius 1 is 1.15 bits per heavy atom. The standard InChI is InChI=1S/C20H21N3O2S/c1-11-12(2)18(10-21)20(22-13(11)3)26-15(5)19(25)23-17-8-6-16(7-9-17)14(4)24/h6-9,15H,1-5H3,(H,23,25)/t15-/m1/s1. The second kappa shape index (κ2) is 8.15. The Kier molecular flexibility index (Phi) is 6.17. The average Bonchev–Trinajstić information content (AvgIpc) is 2.60.